The summed E-state index contributed by atoms with van der Waals surface area (Å²) in [6.07, 6.45) is 3.74. The first-order chi connectivity index (χ1) is 11.0. The van der Waals surface area contributed by atoms with E-state index in [-0.39, 0.29) is 30.4 Å². The van der Waals surface area contributed by atoms with Crippen LogP contribution in [-0.2, 0) is 14.4 Å². The van der Waals surface area contributed by atoms with E-state index in [4.69, 9.17) is 4.84 Å². The van der Waals surface area contributed by atoms with Gasteiger partial charge in [-0.1, -0.05) is 13.0 Å². The van der Waals surface area contributed by atoms with Gasteiger partial charge in [-0.25, -0.2) is 9.59 Å². The SMILES string of the molecule is C=C1CCC(=O)N1OC(=O)CCCC[C@@H]1SC[C@@H]2NC(=O)N[C@@H]21. The standard InChI is InChI=1S/C15H21N3O4S/c1-9-6-7-12(19)18(9)22-13(20)5-3-2-4-11-14-10(8-23-11)16-15(21)17-14/h10-11,14H,1-8H2,(H2,16,17,21)/t10-,11-,14-/m0/s1. The van der Waals surface area contributed by atoms with Crippen molar-refractivity contribution in [1.29, 1.82) is 0 Å². The lowest BCUT2D eigenvalue weighted by atomic mass is 10.0. The van der Waals surface area contributed by atoms with Crippen LogP contribution in [0.25, 0.3) is 0 Å². The van der Waals surface area contributed by atoms with E-state index in [1.54, 1.807) is 0 Å². The van der Waals surface area contributed by atoms with Crippen LogP contribution in [-0.4, -0.2) is 46.1 Å². The highest BCUT2D eigenvalue weighted by molar-refractivity contribution is 8.00. The van der Waals surface area contributed by atoms with Crippen LogP contribution in [0.3, 0.4) is 0 Å². The zero-order valence-corrected chi connectivity index (χ0v) is 13.7. The molecule has 0 spiro atoms. The Bertz CT molecular complexity index is 523. The van der Waals surface area contributed by atoms with Gasteiger partial charge in [-0.3, -0.25) is 4.79 Å². The van der Waals surface area contributed by atoms with Gasteiger partial charge in [0.25, 0.3) is 5.91 Å². The molecule has 126 valence electrons. The number of hydrogen-bond donors (Lipinski definition) is 2. The number of rotatable bonds is 6. The van der Waals surface area contributed by atoms with E-state index >= 15 is 0 Å². The molecule has 3 heterocycles. The number of unbranched alkanes of at least 4 members (excludes halogenated alkanes) is 1. The summed E-state index contributed by atoms with van der Waals surface area (Å²) in [7, 11) is 0. The molecule has 8 heteroatoms. The van der Waals surface area contributed by atoms with E-state index < -0.39 is 5.97 Å². The molecular weight excluding hydrogens is 318 g/mol. The van der Waals surface area contributed by atoms with Crippen molar-refractivity contribution in [3.05, 3.63) is 12.3 Å². The van der Waals surface area contributed by atoms with Crippen LogP contribution in [0.5, 0.6) is 0 Å². The molecule has 0 saturated carbocycles. The maximum atomic E-state index is 11.8. The van der Waals surface area contributed by atoms with E-state index in [1.807, 2.05) is 11.8 Å². The number of nitrogens with one attached hydrogen (secondary N) is 2. The molecule has 0 radical (unpaired) electrons. The summed E-state index contributed by atoms with van der Waals surface area (Å²) in [5.41, 5.74) is 0.543. The summed E-state index contributed by atoms with van der Waals surface area (Å²) in [4.78, 5) is 39.7. The fourth-order valence-electron chi connectivity index (χ4n) is 3.15. The topological polar surface area (TPSA) is 87.7 Å². The number of carbonyl (C=O) groups is 3. The molecule has 2 N–H and O–H groups in total. The van der Waals surface area contributed by atoms with Crippen molar-refractivity contribution >= 4 is 29.7 Å². The number of allylic oxidation sites excluding steroid dienone is 1. The molecule has 3 amide bonds. The van der Waals surface area contributed by atoms with E-state index in [2.05, 4.69) is 17.2 Å². The smallest absolute Gasteiger partial charge is 0.333 e. The second-order valence-corrected chi connectivity index (χ2v) is 7.36. The van der Waals surface area contributed by atoms with Crippen molar-refractivity contribution in [2.45, 2.75) is 55.9 Å². The van der Waals surface area contributed by atoms with E-state index in [1.165, 1.54) is 0 Å². The molecule has 0 aliphatic carbocycles. The van der Waals surface area contributed by atoms with Crippen molar-refractivity contribution in [3.8, 4) is 0 Å². The second kappa shape index (κ2) is 6.82. The zero-order chi connectivity index (χ0) is 16.4. The molecule has 23 heavy (non-hydrogen) atoms. The summed E-state index contributed by atoms with van der Waals surface area (Å²) >= 11 is 1.86. The van der Waals surface area contributed by atoms with Crippen LogP contribution in [0.15, 0.2) is 12.3 Å². The summed E-state index contributed by atoms with van der Waals surface area (Å²) in [5, 5.41) is 7.29. The van der Waals surface area contributed by atoms with Gasteiger partial charge in [-0.05, 0) is 19.3 Å². The molecule has 3 aliphatic rings. The average molecular weight is 339 g/mol. The zero-order valence-electron chi connectivity index (χ0n) is 12.9. The van der Waals surface area contributed by atoms with Crippen molar-refractivity contribution < 1.29 is 19.2 Å². The van der Waals surface area contributed by atoms with Gasteiger partial charge in [-0.2, -0.15) is 11.8 Å². The lowest BCUT2D eigenvalue weighted by Gasteiger charge is -2.17. The maximum Gasteiger partial charge on any atom is 0.333 e. The van der Waals surface area contributed by atoms with Crippen molar-refractivity contribution in [1.82, 2.24) is 15.7 Å². The van der Waals surface area contributed by atoms with Crippen LogP contribution in [0, 0.1) is 0 Å². The normalized spacial score (nSPS) is 29.5. The number of carbonyl (C=O) groups excluding carboxylic acids is 3. The van der Waals surface area contributed by atoms with Crippen molar-refractivity contribution in [2.24, 2.45) is 0 Å². The molecule has 0 bridgehead atoms. The Morgan fingerprint density at radius 1 is 1.30 bits per heavy atom. The Morgan fingerprint density at radius 2 is 2.13 bits per heavy atom. The average Bonchev–Trinajstić information content (AvgIpc) is 3.14. The third-order valence-electron chi connectivity index (χ3n) is 4.39. The fraction of sp³-hybridized carbons (Fsp3) is 0.667. The number of nitrogens with zero attached hydrogens (tertiary/aromatic N) is 1. The minimum absolute atomic E-state index is 0.0793. The molecule has 3 aliphatic heterocycles. The quantitative estimate of drug-likeness (QED) is 0.563. The molecule has 0 aromatic heterocycles. The van der Waals surface area contributed by atoms with Gasteiger partial charge in [0, 0.05) is 23.8 Å². The Morgan fingerprint density at radius 3 is 2.87 bits per heavy atom. The van der Waals surface area contributed by atoms with Crippen LogP contribution >= 0.6 is 11.8 Å². The Balaban J connectivity index is 1.34. The number of hydroxylamine groups is 2. The summed E-state index contributed by atoms with van der Waals surface area (Å²) < 4.78 is 0. The molecule has 0 aromatic rings. The third-order valence-corrected chi connectivity index (χ3v) is 5.90. The Kier molecular flexibility index (Phi) is 4.79. The van der Waals surface area contributed by atoms with Gasteiger partial charge in [0.1, 0.15) is 0 Å². The van der Waals surface area contributed by atoms with Gasteiger partial charge in [0.15, 0.2) is 0 Å². The fourth-order valence-corrected chi connectivity index (χ4v) is 4.70. The summed E-state index contributed by atoms with van der Waals surface area (Å²) in [6.45, 7) is 3.71. The molecular formula is C15H21N3O4S. The number of fused-ring (bicyclic) bond motifs is 1. The minimum atomic E-state index is -0.394. The first kappa shape index (κ1) is 16.2. The first-order valence-corrected chi connectivity index (χ1v) is 8.99. The largest absolute Gasteiger partial charge is 0.334 e. The van der Waals surface area contributed by atoms with Gasteiger partial charge >= 0.3 is 12.0 Å². The van der Waals surface area contributed by atoms with E-state index in [0.29, 0.717) is 30.2 Å². The summed E-state index contributed by atoms with van der Waals surface area (Å²) in [6, 6.07) is 0.351. The molecule has 7 nitrogen and oxygen atoms in total. The summed E-state index contributed by atoms with van der Waals surface area (Å²) in [5.74, 6) is 0.338. The molecule has 0 unspecified atom stereocenters. The molecule has 3 rings (SSSR count). The first-order valence-electron chi connectivity index (χ1n) is 7.95. The molecule has 0 aromatic carbocycles. The highest BCUT2D eigenvalue weighted by Crippen LogP contribution is 2.33. The maximum absolute atomic E-state index is 11.8. The Hall–Kier alpha value is -1.70. The van der Waals surface area contributed by atoms with Crippen LogP contribution in [0.2, 0.25) is 0 Å². The predicted molar refractivity (Wildman–Crippen MR) is 85.3 cm³/mol. The second-order valence-electron chi connectivity index (χ2n) is 6.09. The van der Waals surface area contributed by atoms with Crippen molar-refractivity contribution in [2.75, 3.05) is 5.75 Å². The molecule has 3 fully saturated rings. The number of hydrogen-bond acceptors (Lipinski definition) is 5. The van der Waals surface area contributed by atoms with Gasteiger partial charge in [-0.15, -0.1) is 5.06 Å². The van der Waals surface area contributed by atoms with E-state index in [9.17, 15) is 14.4 Å². The Labute approximate surface area is 139 Å². The number of amides is 3. The molecule has 3 saturated heterocycles. The van der Waals surface area contributed by atoms with Crippen LogP contribution < -0.4 is 10.6 Å². The van der Waals surface area contributed by atoms with E-state index in [0.717, 1.165) is 23.7 Å². The number of thioether (sulfide) groups is 1. The lowest BCUT2D eigenvalue weighted by molar-refractivity contribution is -0.186. The predicted octanol–water partition coefficient (Wildman–Crippen LogP) is 1.31. The molecule has 3 atom stereocenters. The number of urea groups is 1. The highest BCUT2D eigenvalue weighted by atomic mass is 32.2. The van der Waals surface area contributed by atoms with Gasteiger partial charge in [0.2, 0.25) is 0 Å². The van der Waals surface area contributed by atoms with Gasteiger partial charge < -0.3 is 15.5 Å². The lowest BCUT2D eigenvalue weighted by Crippen LogP contribution is -2.36. The van der Waals surface area contributed by atoms with Crippen LogP contribution in [0.1, 0.15) is 38.5 Å². The van der Waals surface area contributed by atoms with Gasteiger partial charge in [0.05, 0.1) is 17.8 Å². The highest BCUT2D eigenvalue weighted by Gasteiger charge is 2.42. The minimum Gasteiger partial charge on any atom is -0.334 e. The van der Waals surface area contributed by atoms with Crippen molar-refractivity contribution in [3.63, 3.8) is 0 Å². The van der Waals surface area contributed by atoms with Crippen LogP contribution in [0.4, 0.5) is 4.79 Å². The third kappa shape index (κ3) is 3.63. The monoisotopic (exact) mass is 339 g/mol.